The molecule has 0 heterocycles. The fourth-order valence-electron chi connectivity index (χ4n) is 0.697. The molecule has 0 spiro atoms. The Morgan fingerprint density at radius 2 is 2.08 bits per heavy atom. The maximum absolute atomic E-state index is 11.1. The van der Waals surface area contributed by atoms with Crippen LogP contribution in [-0.2, 0) is 14.3 Å². The quantitative estimate of drug-likeness (QED) is 0.387. The van der Waals surface area contributed by atoms with Crippen molar-refractivity contribution < 1.29 is 19.5 Å². The number of primary amides is 1. The second-order valence-corrected chi connectivity index (χ2v) is 2.84. The molecule has 1 amide bonds. The van der Waals surface area contributed by atoms with Gasteiger partial charge in [0, 0.05) is 0 Å². The van der Waals surface area contributed by atoms with Crippen LogP contribution >= 0.6 is 0 Å². The topological polar surface area (TPSA) is 102 Å². The Hall–Kier alpha value is -1.14. The van der Waals surface area contributed by atoms with Crippen LogP contribution < -0.4 is 11.2 Å². The summed E-state index contributed by atoms with van der Waals surface area (Å²) >= 11 is 0. The largest absolute Gasteiger partial charge is 0.462 e. The van der Waals surface area contributed by atoms with E-state index in [9.17, 15) is 9.59 Å². The number of ether oxygens (including phenoxy) is 1. The lowest BCUT2D eigenvalue weighted by atomic mass is 10.2. The van der Waals surface area contributed by atoms with Gasteiger partial charge in [-0.15, -0.1) is 0 Å². The number of esters is 1. The second kappa shape index (κ2) is 5.50. The number of amides is 1. The number of carbonyl (C=O) groups excluding carboxylic acids is 2. The molecule has 0 aromatic heterocycles. The van der Waals surface area contributed by atoms with Crippen LogP contribution in [0.1, 0.15) is 20.3 Å². The van der Waals surface area contributed by atoms with Crippen molar-refractivity contribution in [2.24, 2.45) is 5.73 Å². The molecule has 0 aliphatic rings. The van der Waals surface area contributed by atoms with Crippen LogP contribution in [0.15, 0.2) is 0 Å². The number of carbonyl (C=O) groups is 2. The predicted molar refractivity (Wildman–Crippen MR) is 43.7 cm³/mol. The van der Waals surface area contributed by atoms with Gasteiger partial charge in [-0.2, -0.15) is 5.48 Å². The summed E-state index contributed by atoms with van der Waals surface area (Å²) in [6, 6.07) is -1.08. The fraction of sp³-hybridized carbons (Fsp3) is 0.714. The Morgan fingerprint density at radius 3 is 2.38 bits per heavy atom. The first kappa shape index (κ1) is 11.9. The van der Waals surface area contributed by atoms with Crippen molar-refractivity contribution in [2.75, 3.05) is 0 Å². The Kier molecular flexibility index (Phi) is 5.01. The van der Waals surface area contributed by atoms with Crippen LogP contribution in [0.2, 0.25) is 0 Å². The summed E-state index contributed by atoms with van der Waals surface area (Å²) in [7, 11) is 0. The van der Waals surface area contributed by atoms with Crippen molar-refractivity contribution in [2.45, 2.75) is 32.4 Å². The van der Waals surface area contributed by atoms with E-state index in [1.54, 1.807) is 19.3 Å². The summed E-state index contributed by atoms with van der Waals surface area (Å²) in [6.07, 6.45) is -0.585. The van der Waals surface area contributed by atoms with Crippen LogP contribution in [0.25, 0.3) is 0 Å². The van der Waals surface area contributed by atoms with Crippen LogP contribution in [-0.4, -0.2) is 29.2 Å². The molecular weight excluding hydrogens is 176 g/mol. The molecule has 76 valence electrons. The third-order valence-electron chi connectivity index (χ3n) is 1.20. The highest BCUT2D eigenvalue weighted by molar-refractivity contribution is 5.84. The standard InChI is InChI=1S/C7H14N2O4/c1-4(2)13-7(11)5(9-12)3-6(8)10/h4-5,9,12H,3H2,1-2H3,(H2,8,10)/t5-/m0/s1. The third-order valence-corrected chi connectivity index (χ3v) is 1.20. The van der Waals surface area contributed by atoms with Crippen molar-refractivity contribution in [3.63, 3.8) is 0 Å². The van der Waals surface area contributed by atoms with Gasteiger partial charge in [-0.3, -0.25) is 9.59 Å². The molecule has 6 heteroatoms. The van der Waals surface area contributed by atoms with Gasteiger partial charge in [0.2, 0.25) is 5.91 Å². The van der Waals surface area contributed by atoms with Crippen molar-refractivity contribution >= 4 is 11.9 Å². The first-order valence-electron chi connectivity index (χ1n) is 3.85. The number of hydrogen-bond acceptors (Lipinski definition) is 5. The van der Waals surface area contributed by atoms with Crippen LogP contribution in [0.3, 0.4) is 0 Å². The molecule has 0 rings (SSSR count). The first-order valence-corrected chi connectivity index (χ1v) is 3.85. The van der Waals surface area contributed by atoms with Gasteiger partial charge in [0.05, 0.1) is 12.5 Å². The molecule has 0 aromatic rings. The molecule has 0 aliphatic heterocycles. The van der Waals surface area contributed by atoms with Gasteiger partial charge in [0.15, 0.2) is 0 Å². The molecule has 0 saturated carbocycles. The van der Waals surface area contributed by atoms with Gasteiger partial charge in [-0.25, -0.2) is 0 Å². The second-order valence-electron chi connectivity index (χ2n) is 2.84. The zero-order chi connectivity index (χ0) is 10.4. The molecule has 0 radical (unpaired) electrons. The number of hydroxylamine groups is 1. The van der Waals surface area contributed by atoms with E-state index in [4.69, 9.17) is 15.7 Å². The highest BCUT2D eigenvalue weighted by atomic mass is 16.6. The molecule has 0 aromatic carbocycles. The predicted octanol–water partition coefficient (Wildman–Crippen LogP) is -0.839. The van der Waals surface area contributed by atoms with Crippen LogP contribution in [0.5, 0.6) is 0 Å². The summed E-state index contributed by atoms with van der Waals surface area (Å²) in [6.45, 7) is 3.33. The lowest BCUT2D eigenvalue weighted by Gasteiger charge is -2.14. The molecule has 0 unspecified atom stereocenters. The molecule has 6 nitrogen and oxygen atoms in total. The summed E-state index contributed by atoms with van der Waals surface area (Å²) < 4.78 is 4.73. The Balaban J connectivity index is 4.07. The lowest BCUT2D eigenvalue weighted by Crippen LogP contribution is -2.40. The minimum atomic E-state index is -1.08. The van der Waals surface area contributed by atoms with E-state index in [0.717, 1.165) is 0 Å². The summed E-state index contributed by atoms with van der Waals surface area (Å²) in [5.74, 6) is -1.39. The minimum Gasteiger partial charge on any atom is -0.462 e. The van der Waals surface area contributed by atoms with E-state index in [1.165, 1.54) is 0 Å². The summed E-state index contributed by atoms with van der Waals surface area (Å²) in [4.78, 5) is 21.5. The number of hydrogen-bond donors (Lipinski definition) is 3. The number of nitrogens with two attached hydrogens (primary N) is 1. The molecule has 13 heavy (non-hydrogen) atoms. The maximum atomic E-state index is 11.1. The Bertz CT molecular complexity index is 193. The number of rotatable bonds is 5. The van der Waals surface area contributed by atoms with Gasteiger partial charge in [-0.1, -0.05) is 0 Å². The third kappa shape index (κ3) is 5.15. The molecule has 0 fully saturated rings. The fourth-order valence-corrected chi connectivity index (χ4v) is 0.697. The van der Waals surface area contributed by atoms with E-state index in [1.807, 2.05) is 0 Å². The maximum Gasteiger partial charge on any atom is 0.326 e. The van der Waals surface area contributed by atoms with Crippen LogP contribution in [0, 0.1) is 0 Å². The van der Waals surface area contributed by atoms with Gasteiger partial charge < -0.3 is 15.7 Å². The molecule has 1 atom stereocenters. The van der Waals surface area contributed by atoms with Crippen molar-refractivity contribution in [3.05, 3.63) is 0 Å². The lowest BCUT2D eigenvalue weighted by molar-refractivity contribution is -0.154. The first-order chi connectivity index (χ1) is 5.97. The zero-order valence-corrected chi connectivity index (χ0v) is 7.61. The highest BCUT2D eigenvalue weighted by Crippen LogP contribution is 1.97. The smallest absolute Gasteiger partial charge is 0.326 e. The van der Waals surface area contributed by atoms with E-state index in [0.29, 0.717) is 0 Å². The van der Waals surface area contributed by atoms with E-state index < -0.39 is 17.9 Å². The molecule has 4 N–H and O–H groups in total. The Morgan fingerprint density at radius 1 is 1.54 bits per heavy atom. The SMILES string of the molecule is CC(C)OC(=O)[C@H](CC(N)=O)NO. The van der Waals surface area contributed by atoms with Gasteiger partial charge in [0.1, 0.15) is 6.04 Å². The van der Waals surface area contributed by atoms with E-state index in [-0.39, 0.29) is 12.5 Å². The van der Waals surface area contributed by atoms with Gasteiger partial charge in [0.25, 0.3) is 0 Å². The van der Waals surface area contributed by atoms with Crippen molar-refractivity contribution in [1.29, 1.82) is 0 Å². The molecular formula is C7H14N2O4. The molecule has 0 bridgehead atoms. The average Bonchev–Trinajstić information content (AvgIpc) is 1.98. The minimum absolute atomic E-state index is 0.290. The normalized spacial score (nSPS) is 12.6. The van der Waals surface area contributed by atoms with Gasteiger partial charge in [-0.05, 0) is 13.8 Å². The molecule has 0 saturated heterocycles. The molecule has 0 aliphatic carbocycles. The Labute approximate surface area is 76.0 Å². The van der Waals surface area contributed by atoms with Crippen molar-refractivity contribution in [1.82, 2.24) is 5.48 Å². The van der Waals surface area contributed by atoms with Gasteiger partial charge >= 0.3 is 5.97 Å². The monoisotopic (exact) mass is 190 g/mol. The number of nitrogens with one attached hydrogen (secondary N) is 1. The van der Waals surface area contributed by atoms with Crippen molar-refractivity contribution in [3.8, 4) is 0 Å². The highest BCUT2D eigenvalue weighted by Gasteiger charge is 2.22. The van der Waals surface area contributed by atoms with E-state index in [2.05, 4.69) is 0 Å². The zero-order valence-electron chi connectivity index (χ0n) is 7.61. The van der Waals surface area contributed by atoms with Crippen LogP contribution in [0.4, 0.5) is 0 Å². The van der Waals surface area contributed by atoms with E-state index >= 15 is 0 Å². The summed E-state index contributed by atoms with van der Waals surface area (Å²) in [5, 5.41) is 8.50. The summed E-state index contributed by atoms with van der Waals surface area (Å²) in [5.41, 5.74) is 6.50. The average molecular weight is 190 g/mol.